The molecule has 0 aliphatic rings. The molecule has 0 saturated heterocycles. The number of aliphatic hydroxyl groups is 2. The number of aliphatic hydroxyl groups excluding tert-OH is 2. The van der Waals surface area contributed by atoms with Crippen molar-refractivity contribution in [2.24, 2.45) is 5.92 Å². The summed E-state index contributed by atoms with van der Waals surface area (Å²) in [5.74, 6) is 0.342. The average Bonchev–Trinajstić information content (AvgIpc) is 2.39. The molecular weight excluding hydrogens is 248 g/mol. The van der Waals surface area contributed by atoms with Gasteiger partial charge in [-0.1, -0.05) is 6.92 Å². The molecule has 0 fully saturated rings. The molecule has 2 unspecified atom stereocenters. The molecule has 0 bridgehead atoms. The molecule has 0 aromatic heterocycles. The normalized spacial score (nSPS) is 14.1. The Hall–Kier alpha value is -1.50. The van der Waals surface area contributed by atoms with Gasteiger partial charge in [0.2, 0.25) is 0 Å². The summed E-state index contributed by atoms with van der Waals surface area (Å²) in [6, 6.07) is 5.88. The molecule has 0 radical (unpaired) electrons. The van der Waals surface area contributed by atoms with Crippen molar-refractivity contribution >= 4 is 5.69 Å². The molecule has 1 aromatic carbocycles. The standard InChI is InChI=1S/C13H20N2O4/c1-10(6-7-16)8-14-9-13(17)11-2-4-12(5-3-11)15(18)19/h2-5,10,13-14,16-17H,6-9H2,1H3. The Labute approximate surface area is 112 Å². The molecule has 0 aliphatic carbocycles. The Kier molecular flexibility index (Phi) is 6.41. The lowest BCUT2D eigenvalue weighted by Crippen LogP contribution is -2.26. The lowest BCUT2D eigenvalue weighted by molar-refractivity contribution is -0.384. The Balaban J connectivity index is 2.40. The van der Waals surface area contributed by atoms with Crippen molar-refractivity contribution < 1.29 is 15.1 Å². The second kappa shape index (κ2) is 7.83. The minimum absolute atomic E-state index is 0.0143. The number of nitro groups is 1. The van der Waals surface area contributed by atoms with Gasteiger partial charge in [0.15, 0.2) is 0 Å². The molecule has 0 saturated carbocycles. The van der Waals surface area contributed by atoms with E-state index in [0.717, 1.165) is 6.42 Å². The number of rotatable bonds is 8. The van der Waals surface area contributed by atoms with E-state index in [1.807, 2.05) is 6.92 Å². The van der Waals surface area contributed by atoms with E-state index in [-0.39, 0.29) is 12.3 Å². The van der Waals surface area contributed by atoms with Crippen LogP contribution in [-0.2, 0) is 0 Å². The fraction of sp³-hybridized carbons (Fsp3) is 0.538. The van der Waals surface area contributed by atoms with Crippen LogP contribution >= 0.6 is 0 Å². The molecule has 0 spiro atoms. The van der Waals surface area contributed by atoms with E-state index in [9.17, 15) is 15.2 Å². The summed E-state index contributed by atoms with van der Waals surface area (Å²) < 4.78 is 0. The zero-order valence-corrected chi connectivity index (χ0v) is 11.0. The molecule has 106 valence electrons. The fourth-order valence-electron chi connectivity index (χ4n) is 1.72. The molecule has 1 aromatic rings. The maximum Gasteiger partial charge on any atom is 0.269 e. The summed E-state index contributed by atoms with van der Waals surface area (Å²) >= 11 is 0. The second-order valence-corrected chi connectivity index (χ2v) is 4.64. The lowest BCUT2D eigenvalue weighted by Gasteiger charge is -2.15. The summed E-state index contributed by atoms with van der Waals surface area (Å²) in [5.41, 5.74) is 0.661. The van der Waals surface area contributed by atoms with Gasteiger partial charge in [-0.15, -0.1) is 0 Å². The molecule has 0 amide bonds. The van der Waals surface area contributed by atoms with Crippen molar-refractivity contribution in [3.05, 3.63) is 39.9 Å². The third kappa shape index (κ3) is 5.34. The van der Waals surface area contributed by atoms with Crippen LogP contribution in [0, 0.1) is 16.0 Å². The van der Waals surface area contributed by atoms with Crippen LogP contribution in [0.1, 0.15) is 25.0 Å². The first kappa shape index (κ1) is 15.6. The minimum atomic E-state index is -0.692. The Morgan fingerprint density at radius 3 is 2.47 bits per heavy atom. The van der Waals surface area contributed by atoms with Crippen LogP contribution in [-0.4, -0.2) is 34.8 Å². The summed E-state index contributed by atoms with van der Waals surface area (Å²) in [6.07, 6.45) is 0.0304. The molecule has 6 nitrogen and oxygen atoms in total. The SMILES string of the molecule is CC(CCO)CNCC(O)c1ccc([N+](=O)[O-])cc1. The first-order valence-electron chi connectivity index (χ1n) is 6.28. The molecule has 1 rings (SSSR count). The Bertz CT molecular complexity index is 394. The highest BCUT2D eigenvalue weighted by Crippen LogP contribution is 2.17. The van der Waals surface area contributed by atoms with Crippen LogP contribution in [0.5, 0.6) is 0 Å². The third-order valence-corrected chi connectivity index (χ3v) is 2.94. The van der Waals surface area contributed by atoms with E-state index >= 15 is 0 Å². The van der Waals surface area contributed by atoms with Crippen LogP contribution in [0.4, 0.5) is 5.69 Å². The van der Waals surface area contributed by atoms with Gasteiger partial charge in [0, 0.05) is 25.3 Å². The van der Waals surface area contributed by atoms with E-state index in [2.05, 4.69) is 5.32 Å². The van der Waals surface area contributed by atoms with Crippen LogP contribution < -0.4 is 5.32 Å². The van der Waals surface area contributed by atoms with Crippen molar-refractivity contribution in [3.63, 3.8) is 0 Å². The topological polar surface area (TPSA) is 95.6 Å². The average molecular weight is 268 g/mol. The highest BCUT2D eigenvalue weighted by molar-refractivity contribution is 5.33. The van der Waals surface area contributed by atoms with Gasteiger partial charge in [-0.25, -0.2) is 0 Å². The molecule has 3 N–H and O–H groups in total. The van der Waals surface area contributed by atoms with Crippen molar-refractivity contribution in [1.82, 2.24) is 5.32 Å². The number of nitrogens with zero attached hydrogens (tertiary/aromatic N) is 1. The van der Waals surface area contributed by atoms with Gasteiger partial charge in [0.1, 0.15) is 0 Å². The van der Waals surface area contributed by atoms with Crippen LogP contribution in [0.2, 0.25) is 0 Å². The largest absolute Gasteiger partial charge is 0.396 e. The number of hydrogen-bond acceptors (Lipinski definition) is 5. The van der Waals surface area contributed by atoms with Gasteiger partial charge in [-0.3, -0.25) is 10.1 Å². The van der Waals surface area contributed by atoms with Gasteiger partial charge < -0.3 is 15.5 Å². The number of nitrogens with one attached hydrogen (secondary N) is 1. The van der Waals surface area contributed by atoms with Gasteiger partial charge >= 0.3 is 0 Å². The fourth-order valence-corrected chi connectivity index (χ4v) is 1.72. The van der Waals surface area contributed by atoms with E-state index in [1.54, 1.807) is 12.1 Å². The Morgan fingerprint density at radius 2 is 1.95 bits per heavy atom. The highest BCUT2D eigenvalue weighted by atomic mass is 16.6. The zero-order valence-electron chi connectivity index (χ0n) is 11.0. The van der Waals surface area contributed by atoms with Crippen molar-refractivity contribution in [3.8, 4) is 0 Å². The lowest BCUT2D eigenvalue weighted by atomic mass is 10.1. The van der Waals surface area contributed by atoms with E-state index < -0.39 is 11.0 Å². The van der Waals surface area contributed by atoms with E-state index in [1.165, 1.54) is 12.1 Å². The maximum atomic E-state index is 10.5. The number of hydrogen-bond donors (Lipinski definition) is 3. The molecule has 2 atom stereocenters. The summed E-state index contributed by atoms with van der Waals surface area (Å²) in [7, 11) is 0. The van der Waals surface area contributed by atoms with E-state index in [0.29, 0.717) is 24.6 Å². The molecule has 6 heteroatoms. The van der Waals surface area contributed by atoms with Gasteiger partial charge in [-0.2, -0.15) is 0 Å². The first-order valence-corrected chi connectivity index (χ1v) is 6.28. The van der Waals surface area contributed by atoms with Crippen molar-refractivity contribution in [2.75, 3.05) is 19.7 Å². The van der Waals surface area contributed by atoms with Crippen molar-refractivity contribution in [2.45, 2.75) is 19.4 Å². The molecular formula is C13H20N2O4. The number of nitro benzene ring substituents is 1. The molecule has 0 heterocycles. The quantitative estimate of drug-likeness (QED) is 0.487. The predicted molar refractivity (Wildman–Crippen MR) is 71.8 cm³/mol. The summed E-state index contributed by atoms with van der Waals surface area (Å²) in [5, 5.41) is 32.3. The van der Waals surface area contributed by atoms with Crippen LogP contribution in [0.25, 0.3) is 0 Å². The highest BCUT2D eigenvalue weighted by Gasteiger charge is 2.10. The maximum absolute atomic E-state index is 10.5. The summed E-state index contributed by atoms with van der Waals surface area (Å²) in [6.45, 7) is 3.27. The Morgan fingerprint density at radius 1 is 1.32 bits per heavy atom. The monoisotopic (exact) mass is 268 g/mol. The van der Waals surface area contributed by atoms with Gasteiger partial charge in [0.05, 0.1) is 11.0 Å². The second-order valence-electron chi connectivity index (χ2n) is 4.64. The predicted octanol–water partition coefficient (Wildman–Crippen LogP) is 1.24. The van der Waals surface area contributed by atoms with Crippen LogP contribution in [0.3, 0.4) is 0 Å². The third-order valence-electron chi connectivity index (χ3n) is 2.94. The van der Waals surface area contributed by atoms with Gasteiger partial charge in [-0.05, 0) is 36.6 Å². The number of non-ortho nitro benzene ring substituents is 1. The van der Waals surface area contributed by atoms with Gasteiger partial charge in [0.25, 0.3) is 5.69 Å². The number of benzene rings is 1. The summed E-state index contributed by atoms with van der Waals surface area (Å²) in [4.78, 5) is 10.0. The molecule has 0 aliphatic heterocycles. The zero-order chi connectivity index (χ0) is 14.3. The minimum Gasteiger partial charge on any atom is -0.396 e. The van der Waals surface area contributed by atoms with Crippen LogP contribution in [0.15, 0.2) is 24.3 Å². The molecule has 19 heavy (non-hydrogen) atoms. The van der Waals surface area contributed by atoms with Crippen molar-refractivity contribution in [1.29, 1.82) is 0 Å². The van der Waals surface area contributed by atoms with E-state index in [4.69, 9.17) is 5.11 Å². The smallest absolute Gasteiger partial charge is 0.269 e. The first-order chi connectivity index (χ1) is 9.04.